The number of hydrogen-bond donors (Lipinski definition) is 2. The van der Waals surface area contributed by atoms with Gasteiger partial charge in [0.1, 0.15) is 5.60 Å². The van der Waals surface area contributed by atoms with Crippen molar-refractivity contribution in [1.29, 1.82) is 0 Å². The van der Waals surface area contributed by atoms with Gasteiger partial charge in [0.15, 0.2) is 11.6 Å². The van der Waals surface area contributed by atoms with Crippen LogP contribution in [0.1, 0.15) is 40.5 Å². The highest BCUT2D eigenvalue weighted by Gasteiger charge is 2.32. The van der Waals surface area contributed by atoms with E-state index in [0.29, 0.717) is 22.3 Å². The number of carbonyl (C=O) groups is 3. The van der Waals surface area contributed by atoms with Gasteiger partial charge in [-0.3, -0.25) is 14.4 Å². The number of carbonyl (C=O) groups excluding carboxylic acids is 3. The Morgan fingerprint density at radius 2 is 1.58 bits per heavy atom. The second kappa shape index (κ2) is 5.09. The van der Waals surface area contributed by atoms with Crippen LogP contribution in [0.4, 0.5) is 0 Å². The zero-order chi connectivity index (χ0) is 15.0. The lowest BCUT2D eigenvalue weighted by atomic mass is 9.82. The van der Waals surface area contributed by atoms with Gasteiger partial charge in [-0.25, -0.2) is 0 Å². The Morgan fingerprint density at radius 1 is 1.11 bits per heavy atom. The topological polar surface area (TPSA) is 97.5 Å². The maximum absolute atomic E-state index is 12.1. The van der Waals surface area contributed by atoms with Gasteiger partial charge in [-0.15, -0.1) is 0 Å². The standard InChI is InChI=1S/C14H19NO4/c1-7-8(2)12(17)10(9(3)11(7)16)5-6-14(4,19)13(15)18/h19H,5-6H2,1-4H3,(H2,15,18)/t14-/m0/s1. The molecule has 1 rings (SSSR count). The molecule has 0 radical (unpaired) electrons. The summed E-state index contributed by atoms with van der Waals surface area (Å²) < 4.78 is 0. The molecule has 0 aromatic heterocycles. The Hall–Kier alpha value is -1.75. The van der Waals surface area contributed by atoms with Crippen LogP contribution in [0.3, 0.4) is 0 Å². The number of amides is 1. The van der Waals surface area contributed by atoms with Gasteiger partial charge >= 0.3 is 0 Å². The zero-order valence-electron chi connectivity index (χ0n) is 11.7. The Kier molecular flexibility index (Phi) is 4.10. The number of hydrogen-bond acceptors (Lipinski definition) is 4. The van der Waals surface area contributed by atoms with Gasteiger partial charge in [0.2, 0.25) is 5.91 Å². The molecule has 5 nitrogen and oxygen atoms in total. The second-order valence-corrected chi connectivity index (χ2v) is 5.15. The molecule has 0 bridgehead atoms. The fraction of sp³-hybridized carbons (Fsp3) is 0.500. The van der Waals surface area contributed by atoms with Gasteiger partial charge < -0.3 is 10.8 Å². The molecule has 0 saturated heterocycles. The van der Waals surface area contributed by atoms with Crippen molar-refractivity contribution in [2.45, 2.75) is 46.1 Å². The molecule has 0 unspecified atom stereocenters. The molecule has 19 heavy (non-hydrogen) atoms. The lowest BCUT2D eigenvalue weighted by Crippen LogP contribution is -2.41. The Balaban J connectivity index is 2.99. The Bertz CT molecular complexity index is 524. The molecule has 1 aliphatic carbocycles. The summed E-state index contributed by atoms with van der Waals surface area (Å²) in [5, 5.41) is 9.77. The third kappa shape index (κ3) is 2.81. The predicted octanol–water partition coefficient (Wildman–Crippen LogP) is 0.808. The summed E-state index contributed by atoms with van der Waals surface area (Å²) >= 11 is 0. The summed E-state index contributed by atoms with van der Waals surface area (Å²) in [6, 6.07) is 0. The smallest absolute Gasteiger partial charge is 0.249 e. The minimum atomic E-state index is -1.68. The first-order valence-electron chi connectivity index (χ1n) is 6.08. The molecule has 1 aliphatic rings. The summed E-state index contributed by atoms with van der Waals surface area (Å²) in [7, 11) is 0. The van der Waals surface area contributed by atoms with E-state index in [1.807, 2.05) is 0 Å². The molecule has 5 heteroatoms. The average molecular weight is 265 g/mol. The van der Waals surface area contributed by atoms with E-state index in [1.165, 1.54) is 6.92 Å². The van der Waals surface area contributed by atoms with Crippen molar-refractivity contribution in [2.24, 2.45) is 5.73 Å². The molecule has 0 aromatic rings. The highest BCUT2D eigenvalue weighted by Crippen LogP contribution is 2.28. The van der Waals surface area contributed by atoms with E-state index < -0.39 is 11.5 Å². The van der Waals surface area contributed by atoms with Crippen LogP contribution < -0.4 is 5.73 Å². The van der Waals surface area contributed by atoms with E-state index in [1.54, 1.807) is 20.8 Å². The van der Waals surface area contributed by atoms with E-state index in [9.17, 15) is 19.5 Å². The van der Waals surface area contributed by atoms with Crippen LogP contribution in [0.15, 0.2) is 22.3 Å². The number of nitrogens with two attached hydrogens (primary N) is 1. The Labute approximate surface area is 112 Å². The summed E-state index contributed by atoms with van der Waals surface area (Å²) in [4.78, 5) is 35.1. The van der Waals surface area contributed by atoms with E-state index in [0.717, 1.165) is 0 Å². The van der Waals surface area contributed by atoms with E-state index in [2.05, 4.69) is 0 Å². The highest BCUT2D eigenvalue weighted by molar-refractivity contribution is 6.24. The molecular weight excluding hydrogens is 246 g/mol. The maximum atomic E-state index is 12.1. The quantitative estimate of drug-likeness (QED) is 0.735. The van der Waals surface area contributed by atoms with Gasteiger partial charge in [0.05, 0.1) is 0 Å². The van der Waals surface area contributed by atoms with Crippen LogP contribution >= 0.6 is 0 Å². The normalized spacial score (nSPS) is 19.8. The fourth-order valence-corrected chi connectivity index (χ4v) is 1.95. The summed E-state index contributed by atoms with van der Waals surface area (Å²) in [5.74, 6) is -1.20. The first-order valence-corrected chi connectivity index (χ1v) is 6.08. The number of aliphatic hydroxyl groups is 1. The van der Waals surface area contributed by atoms with Gasteiger partial charge in [-0.05, 0) is 40.5 Å². The van der Waals surface area contributed by atoms with Crippen LogP contribution in [0, 0.1) is 0 Å². The molecule has 0 fully saturated rings. The molecule has 0 saturated carbocycles. The average Bonchev–Trinajstić information content (AvgIpc) is 2.33. The summed E-state index contributed by atoms with van der Waals surface area (Å²) in [6.45, 7) is 6.11. The van der Waals surface area contributed by atoms with E-state index >= 15 is 0 Å². The first-order chi connectivity index (χ1) is 8.59. The number of Topliss-reactive ketones (excluding diaryl/α,β-unsaturated/α-hetero) is 2. The summed E-state index contributed by atoms with van der Waals surface area (Å²) in [6.07, 6.45) is 0.164. The molecule has 1 atom stereocenters. The Morgan fingerprint density at radius 3 is 2.05 bits per heavy atom. The molecular formula is C14H19NO4. The lowest BCUT2D eigenvalue weighted by Gasteiger charge is -2.22. The number of primary amides is 1. The lowest BCUT2D eigenvalue weighted by molar-refractivity contribution is -0.135. The van der Waals surface area contributed by atoms with Gasteiger partial charge in [0, 0.05) is 22.3 Å². The van der Waals surface area contributed by atoms with E-state index in [4.69, 9.17) is 5.73 Å². The van der Waals surface area contributed by atoms with Gasteiger partial charge in [-0.1, -0.05) is 0 Å². The molecule has 104 valence electrons. The van der Waals surface area contributed by atoms with Crippen molar-refractivity contribution >= 4 is 17.5 Å². The second-order valence-electron chi connectivity index (χ2n) is 5.15. The molecule has 1 amide bonds. The fourth-order valence-electron chi connectivity index (χ4n) is 1.95. The van der Waals surface area contributed by atoms with Crippen LogP contribution in [-0.2, 0) is 14.4 Å². The van der Waals surface area contributed by atoms with E-state index in [-0.39, 0.29) is 24.4 Å². The SMILES string of the molecule is CC1=C(C)C(=O)C(CC[C@](C)(O)C(N)=O)=C(C)C1=O. The zero-order valence-corrected chi connectivity index (χ0v) is 11.7. The molecule has 0 aliphatic heterocycles. The van der Waals surface area contributed by atoms with Crippen molar-refractivity contribution in [2.75, 3.05) is 0 Å². The largest absolute Gasteiger partial charge is 0.380 e. The highest BCUT2D eigenvalue weighted by atomic mass is 16.3. The number of rotatable bonds is 4. The number of allylic oxidation sites excluding steroid dienone is 4. The van der Waals surface area contributed by atoms with Crippen molar-refractivity contribution in [3.63, 3.8) is 0 Å². The van der Waals surface area contributed by atoms with Crippen LogP contribution in [0.2, 0.25) is 0 Å². The van der Waals surface area contributed by atoms with Gasteiger partial charge in [0.25, 0.3) is 0 Å². The van der Waals surface area contributed by atoms with Crippen LogP contribution in [0.25, 0.3) is 0 Å². The molecule has 0 spiro atoms. The third-order valence-corrected chi connectivity index (χ3v) is 3.70. The minimum absolute atomic E-state index is 0.0142. The minimum Gasteiger partial charge on any atom is -0.380 e. The molecule has 0 aromatic carbocycles. The molecule has 3 N–H and O–H groups in total. The van der Waals surface area contributed by atoms with Crippen molar-refractivity contribution in [1.82, 2.24) is 0 Å². The number of ketones is 2. The third-order valence-electron chi connectivity index (χ3n) is 3.70. The van der Waals surface area contributed by atoms with Crippen molar-refractivity contribution in [3.8, 4) is 0 Å². The summed E-state index contributed by atoms with van der Waals surface area (Å²) in [5.41, 5.74) is 5.00. The van der Waals surface area contributed by atoms with Gasteiger partial charge in [-0.2, -0.15) is 0 Å². The van der Waals surface area contributed by atoms with Crippen LogP contribution in [-0.4, -0.2) is 28.2 Å². The van der Waals surface area contributed by atoms with Crippen molar-refractivity contribution < 1.29 is 19.5 Å². The van der Waals surface area contributed by atoms with Crippen LogP contribution in [0.5, 0.6) is 0 Å². The maximum Gasteiger partial charge on any atom is 0.249 e. The van der Waals surface area contributed by atoms with Crippen molar-refractivity contribution in [3.05, 3.63) is 22.3 Å². The molecule has 0 heterocycles. The monoisotopic (exact) mass is 265 g/mol. The predicted molar refractivity (Wildman–Crippen MR) is 70.1 cm³/mol. The first kappa shape index (κ1) is 15.3.